The average Bonchev–Trinajstić information content (AvgIpc) is 3.36. The van der Waals surface area contributed by atoms with Gasteiger partial charge in [0.25, 0.3) is 0 Å². The van der Waals surface area contributed by atoms with E-state index in [1.54, 1.807) is 24.7 Å². The highest BCUT2D eigenvalue weighted by atomic mass is 16.6. The summed E-state index contributed by atoms with van der Waals surface area (Å²) in [7, 11) is 0. The van der Waals surface area contributed by atoms with E-state index in [0.29, 0.717) is 6.42 Å². The van der Waals surface area contributed by atoms with E-state index in [4.69, 9.17) is 9.15 Å². The van der Waals surface area contributed by atoms with Gasteiger partial charge in [-0.1, -0.05) is 33.8 Å². The molecule has 0 spiro atoms. The average molecular weight is 465 g/mol. The van der Waals surface area contributed by atoms with Crippen molar-refractivity contribution in [2.45, 2.75) is 65.6 Å². The Hall–Kier alpha value is -2.86. The van der Waals surface area contributed by atoms with Crippen LogP contribution in [0.15, 0.2) is 41.2 Å². The zero-order valence-electron chi connectivity index (χ0n) is 20.5. The number of carbonyl (C=O) groups excluding carboxylic acids is 2. The van der Waals surface area contributed by atoms with E-state index in [9.17, 15) is 19.8 Å². The molecule has 5 rings (SSSR count). The summed E-state index contributed by atoms with van der Waals surface area (Å²) in [5.41, 5.74) is 2.31. The molecular weight excluding hydrogens is 432 g/mol. The van der Waals surface area contributed by atoms with Crippen molar-refractivity contribution in [3.8, 4) is 16.9 Å². The van der Waals surface area contributed by atoms with E-state index in [2.05, 4.69) is 6.92 Å². The van der Waals surface area contributed by atoms with Crippen molar-refractivity contribution in [3.63, 3.8) is 0 Å². The minimum atomic E-state index is -1.05. The predicted molar refractivity (Wildman–Crippen MR) is 126 cm³/mol. The summed E-state index contributed by atoms with van der Waals surface area (Å²) in [6.07, 6.45) is 5.56. The van der Waals surface area contributed by atoms with Gasteiger partial charge < -0.3 is 19.4 Å². The molecule has 0 unspecified atom stereocenters. The molecule has 6 heteroatoms. The Kier molecular flexibility index (Phi) is 4.77. The molecule has 34 heavy (non-hydrogen) atoms. The first-order chi connectivity index (χ1) is 15.8. The molecule has 3 aliphatic carbocycles. The van der Waals surface area contributed by atoms with Gasteiger partial charge in [0.05, 0.1) is 18.6 Å². The molecule has 0 saturated heterocycles. The molecule has 0 aliphatic heterocycles. The maximum absolute atomic E-state index is 12.9. The number of fused-ring (bicyclic) bond motifs is 5. The second kappa shape index (κ2) is 7.08. The van der Waals surface area contributed by atoms with Crippen molar-refractivity contribution in [1.29, 1.82) is 0 Å². The molecule has 0 bridgehead atoms. The van der Waals surface area contributed by atoms with Gasteiger partial charge in [-0.05, 0) is 59.6 Å². The number of ether oxygens (including phenoxy) is 1. The highest BCUT2D eigenvalue weighted by Gasteiger charge is 2.69. The topological polar surface area (TPSA) is 97.0 Å². The van der Waals surface area contributed by atoms with E-state index in [1.165, 1.54) is 6.92 Å². The van der Waals surface area contributed by atoms with Crippen LogP contribution in [0.5, 0.6) is 5.75 Å². The molecule has 1 fully saturated rings. The number of phenolic OH excluding ortho intramolecular Hbond substituents is 1. The first-order valence-electron chi connectivity index (χ1n) is 11.8. The monoisotopic (exact) mass is 464 g/mol. The predicted octanol–water partition coefficient (Wildman–Crippen LogP) is 4.48. The fraction of sp³-hybridized carbons (Fsp3) is 0.500. The lowest BCUT2D eigenvalue weighted by Crippen LogP contribution is -2.68. The zero-order valence-corrected chi connectivity index (χ0v) is 20.5. The van der Waals surface area contributed by atoms with Gasteiger partial charge in [0.1, 0.15) is 11.9 Å². The summed E-state index contributed by atoms with van der Waals surface area (Å²) in [4.78, 5) is 25.1. The molecule has 1 aromatic heterocycles. The van der Waals surface area contributed by atoms with Crippen LogP contribution < -0.4 is 0 Å². The van der Waals surface area contributed by atoms with E-state index in [-0.39, 0.29) is 17.5 Å². The van der Waals surface area contributed by atoms with Crippen molar-refractivity contribution < 1.29 is 29.0 Å². The van der Waals surface area contributed by atoms with Crippen LogP contribution in [0.4, 0.5) is 0 Å². The molecule has 6 atom stereocenters. The van der Waals surface area contributed by atoms with Gasteiger partial charge >= 0.3 is 5.97 Å². The van der Waals surface area contributed by atoms with Crippen LogP contribution in [0.1, 0.15) is 51.3 Å². The van der Waals surface area contributed by atoms with E-state index < -0.39 is 40.3 Å². The summed E-state index contributed by atoms with van der Waals surface area (Å²) in [6, 6.07) is 3.58. The maximum Gasteiger partial charge on any atom is 0.303 e. The van der Waals surface area contributed by atoms with E-state index >= 15 is 0 Å². The quantitative estimate of drug-likeness (QED) is 0.636. The van der Waals surface area contributed by atoms with Gasteiger partial charge in [0, 0.05) is 34.8 Å². The first-order valence-corrected chi connectivity index (χ1v) is 11.8. The number of hydrogen-bond acceptors (Lipinski definition) is 6. The van der Waals surface area contributed by atoms with Gasteiger partial charge in [-0.15, -0.1) is 0 Å². The van der Waals surface area contributed by atoms with Crippen LogP contribution in [0.2, 0.25) is 0 Å². The van der Waals surface area contributed by atoms with Gasteiger partial charge in [-0.2, -0.15) is 0 Å². The standard InChI is InChI=1S/C28H32O6/c1-14-17-11-20-27(5)9-7-21(31)26(3,4)24(27)23(32)25(34-15(2)29)28(20,6)18(17)12-19(30)22(14)16-8-10-33-13-16/h7-10,12-13,20,23-25,30,32H,11H2,1-6H3/t20-,23-,24+,25-,27-,28+/m1/s1. The Morgan fingerprint density at radius 1 is 1.24 bits per heavy atom. The third-order valence-corrected chi connectivity index (χ3v) is 9.18. The number of benzene rings is 1. The summed E-state index contributed by atoms with van der Waals surface area (Å²) in [5, 5.41) is 22.9. The number of carbonyl (C=O) groups is 2. The second-order valence-electron chi connectivity index (χ2n) is 11.3. The number of hydrogen-bond donors (Lipinski definition) is 2. The largest absolute Gasteiger partial charge is 0.507 e. The Bertz CT molecular complexity index is 1220. The lowest BCUT2D eigenvalue weighted by atomic mass is 9.43. The lowest BCUT2D eigenvalue weighted by molar-refractivity contribution is -0.205. The molecule has 180 valence electrons. The number of aliphatic hydroxyl groups excluding tert-OH is 1. The van der Waals surface area contributed by atoms with E-state index in [1.807, 2.05) is 39.8 Å². The Morgan fingerprint density at radius 2 is 1.94 bits per heavy atom. The summed E-state index contributed by atoms with van der Waals surface area (Å²) in [6.45, 7) is 11.2. The first kappa shape index (κ1) is 22.9. The number of ketones is 1. The number of allylic oxidation sites excluding steroid dienone is 2. The van der Waals surface area contributed by atoms with Gasteiger partial charge in [0.2, 0.25) is 0 Å². The molecule has 6 nitrogen and oxygen atoms in total. The third kappa shape index (κ3) is 2.72. The van der Waals surface area contributed by atoms with Gasteiger partial charge in [0.15, 0.2) is 5.78 Å². The Balaban J connectivity index is 1.78. The van der Waals surface area contributed by atoms with Crippen LogP contribution in [-0.4, -0.2) is 34.2 Å². The lowest BCUT2D eigenvalue weighted by Gasteiger charge is -2.62. The highest BCUT2D eigenvalue weighted by molar-refractivity contribution is 5.96. The zero-order chi connectivity index (χ0) is 24.8. The molecular formula is C28H32O6. The number of rotatable bonds is 2. The van der Waals surface area contributed by atoms with Crippen LogP contribution in [0.3, 0.4) is 0 Å². The van der Waals surface area contributed by atoms with Crippen molar-refractivity contribution in [2.75, 3.05) is 0 Å². The summed E-state index contributed by atoms with van der Waals surface area (Å²) >= 11 is 0. The van der Waals surface area contributed by atoms with Crippen molar-refractivity contribution in [1.82, 2.24) is 0 Å². The van der Waals surface area contributed by atoms with E-state index in [0.717, 1.165) is 27.8 Å². The van der Waals surface area contributed by atoms with Crippen molar-refractivity contribution in [2.24, 2.45) is 22.7 Å². The van der Waals surface area contributed by atoms with Crippen molar-refractivity contribution in [3.05, 3.63) is 53.5 Å². The van der Waals surface area contributed by atoms with Crippen LogP contribution in [0.25, 0.3) is 11.1 Å². The smallest absolute Gasteiger partial charge is 0.303 e. The molecule has 0 radical (unpaired) electrons. The van der Waals surface area contributed by atoms with Gasteiger partial charge in [-0.3, -0.25) is 9.59 Å². The summed E-state index contributed by atoms with van der Waals surface area (Å²) in [5.74, 6) is -0.888. The molecule has 1 saturated carbocycles. The third-order valence-electron chi connectivity index (χ3n) is 9.18. The Labute approximate surface area is 199 Å². The van der Waals surface area contributed by atoms with Crippen LogP contribution in [-0.2, 0) is 26.2 Å². The SMILES string of the molecule is CC(=O)O[C@@H]1[C@H](O)[C@H]2C(C)(C)C(=O)C=C[C@]2(C)[C@H]2Cc3c(cc(O)c(-c4ccoc4)c3C)[C@]12C. The molecule has 2 aromatic rings. The number of furan rings is 1. The van der Waals surface area contributed by atoms with Crippen molar-refractivity contribution >= 4 is 11.8 Å². The molecule has 2 N–H and O–H groups in total. The summed E-state index contributed by atoms with van der Waals surface area (Å²) < 4.78 is 11.1. The highest BCUT2D eigenvalue weighted by Crippen LogP contribution is 2.66. The number of aliphatic hydroxyl groups is 1. The second-order valence-corrected chi connectivity index (χ2v) is 11.3. The minimum absolute atomic E-state index is 0.0363. The number of aromatic hydroxyl groups is 1. The number of phenols is 1. The fourth-order valence-corrected chi connectivity index (χ4v) is 7.71. The molecule has 1 aromatic carbocycles. The molecule has 1 heterocycles. The normalized spacial score (nSPS) is 35.4. The maximum atomic E-state index is 12.9. The van der Waals surface area contributed by atoms with Crippen LogP contribution in [0, 0.1) is 29.6 Å². The fourth-order valence-electron chi connectivity index (χ4n) is 7.71. The molecule has 3 aliphatic rings. The number of esters is 1. The van der Waals surface area contributed by atoms with Gasteiger partial charge in [-0.25, -0.2) is 0 Å². The minimum Gasteiger partial charge on any atom is -0.507 e. The van der Waals surface area contributed by atoms with Crippen LogP contribution >= 0.6 is 0 Å². The Morgan fingerprint density at radius 3 is 2.56 bits per heavy atom. The molecule has 0 amide bonds.